The summed E-state index contributed by atoms with van der Waals surface area (Å²) in [5.41, 5.74) is 0. The van der Waals surface area contributed by atoms with Crippen molar-refractivity contribution in [3.8, 4) is 0 Å². The second-order valence-electron chi connectivity index (χ2n) is 6.06. The molecular formula is C11H21F5N4O4S2. The van der Waals surface area contributed by atoms with Gasteiger partial charge in [-0.3, -0.25) is 0 Å². The highest BCUT2D eigenvalue weighted by molar-refractivity contribution is 7.87. The van der Waals surface area contributed by atoms with E-state index in [2.05, 4.69) is 0 Å². The number of nitrogens with zero attached hydrogens (tertiary/aromatic N) is 2. The van der Waals surface area contributed by atoms with Crippen LogP contribution in [0.5, 0.6) is 0 Å². The van der Waals surface area contributed by atoms with E-state index in [4.69, 9.17) is 10.3 Å². The van der Waals surface area contributed by atoms with Crippen LogP contribution in [0, 0.1) is 5.92 Å². The van der Waals surface area contributed by atoms with Crippen molar-refractivity contribution in [2.24, 2.45) is 16.2 Å². The Morgan fingerprint density at radius 1 is 0.808 bits per heavy atom. The Hall–Kier alpha value is -0.610. The molecular weight excluding hydrogens is 411 g/mol. The minimum absolute atomic E-state index is 0.150. The van der Waals surface area contributed by atoms with Gasteiger partial charge in [-0.2, -0.15) is 38.6 Å². The topological polar surface area (TPSA) is 127 Å². The van der Waals surface area contributed by atoms with E-state index in [0.717, 1.165) is 8.61 Å². The standard InChI is InChI=1S/C6H11F3N2O2S.C5H10F2N2O2S/c7-6(8,9)5-1-3-11(4-2-5)14(10,12)13;6-5(7)1-3-9(4-2-5)12(8,10)11/h5H,1-4H2,(H2,10,12,13);1-4H2,(H2,8,10,11). The number of rotatable bonds is 2. The molecule has 0 amide bonds. The van der Waals surface area contributed by atoms with Gasteiger partial charge in [-0.1, -0.05) is 0 Å². The van der Waals surface area contributed by atoms with Gasteiger partial charge in [0.05, 0.1) is 5.92 Å². The first-order valence-corrected chi connectivity index (χ1v) is 10.5. The first kappa shape index (κ1) is 23.4. The number of halogens is 5. The zero-order chi connectivity index (χ0) is 20.4. The molecule has 15 heteroatoms. The van der Waals surface area contributed by atoms with Crippen molar-refractivity contribution in [1.29, 1.82) is 0 Å². The Morgan fingerprint density at radius 2 is 1.15 bits per heavy atom. The summed E-state index contributed by atoms with van der Waals surface area (Å²) in [6.07, 6.45) is -5.53. The van der Waals surface area contributed by atoms with E-state index >= 15 is 0 Å². The lowest BCUT2D eigenvalue weighted by Crippen LogP contribution is -2.45. The summed E-state index contributed by atoms with van der Waals surface area (Å²) in [6.45, 7) is -0.677. The lowest BCUT2D eigenvalue weighted by molar-refractivity contribution is -0.182. The third kappa shape index (κ3) is 7.56. The van der Waals surface area contributed by atoms with Crippen molar-refractivity contribution < 1.29 is 38.8 Å². The van der Waals surface area contributed by atoms with Crippen molar-refractivity contribution in [2.75, 3.05) is 26.2 Å². The van der Waals surface area contributed by atoms with Crippen LogP contribution in [0.1, 0.15) is 25.7 Å². The molecule has 8 nitrogen and oxygen atoms in total. The molecule has 2 aliphatic rings. The van der Waals surface area contributed by atoms with Crippen LogP contribution >= 0.6 is 0 Å². The van der Waals surface area contributed by atoms with Crippen LogP contribution in [0.15, 0.2) is 0 Å². The van der Waals surface area contributed by atoms with Crippen LogP contribution in [-0.4, -0.2) is 63.7 Å². The van der Waals surface area contributed by atoms with Gasteiger partial charge in [-0.25, -0.2) is 19.1 Å². The van der Waals surface area contributed by atoms with Gasteiger partial charge in [-0.15, -0.1) is 0 Å². The molecule has 0 radical (unpaired) electrons. The van der Waals surface area contributed by atoms with E-state index in [1.165, 1.54) is 0 Å². The van der Waals surface area contributed by atoms with Gasteiger partial charge in [0.1, 0.15) is 0 Å². The van der Waals surface area contributed by atoms with Gasteiger partial charge in [0, 0.05) is 39.0 Å². The first-order chi connectivity index (χ1) is 11.5. The van der Waals surface area contributed by atoms with Crippen molar-refractivity contribution in [3.63, 3.8) is 0 Å². The summed E-state index contributed by atoms with van der Waals surface area (Å²) >= 11 is 0. The largest absolute Gasteiger partial charge is 0.391 e. The third-order valence-electron chi connectivity index (χ3n) is 4.09. The van der Waals surface area contributed by atoms with E-state index < -0.39 is 51.3 Å². The van der Waals surface area contributed by atoms with Crippen LogP contribution in [0.2, 0.25) is 0 Å². The van der Waals surface area contributed by atoms with Gasteiger partial charge >= 0.3 is 6.18 Å². The fraction of sp³-hybridized carbons (Fsp3) is 1.00. The Bertz CT molecular complexity index is 665. The molecule has 0 aromatic rings. The summed E-state index contributed by atoms with van der Waals surface area (Å²) in [4.78, 5) is 0. The molecule has 2 fully saturated rings. The summed E-state index contributed by atoms with van der Waals surface area (Å²) in [5, 5.41) is 9.53. The molecule has 2 heterocycles. The highest BCUT2D eigenvalue weighted by Crippen LogP contribution is 2.34. The predicted octanol–water partition coefficient (Wildman–Crippen LogP) is 0.385. The van der Waals surface area contributed by atoms with Crippen LogP contribution < -0.4 is 10.3 Å². The molecule has 4 N–H and O–H groups in total. The SMILES string of the molecule is NS(=O)(=O)N1CCC(C(F)(F)F)CC1.NS(=O)(=O)N1CCC(F)(F)CC1. The Kier molecular flexibility index (Phi) is 7.37. The molecule has 0 unspecified atom stereocenters. The van der Waals surface area contributed by atoms with Gasteiger partial charge in [0.25, 0.3) is 26.3 Å². The fourth-order valence-electron chi connectivity index (χ4n) is 2.51. The quantitative estimate of drug-likeness (QED) is 0.612. The van der Waals surface area contributed by atoms with Gasteiger partial charge in [0.15, 0.2) is 0 Å². The summed E-state index contributed by atoms with van der Waals surface area (Å²) in [7, 11) is -7.60. The molecule has 156 valence electrons. The molecule has 2 aliphatic heterocycles. The molecule has 0 bridgehead atoms. The highest BCUT2D eigenvalue weighted by Gasteiger charge is 2.42. The molecule has 0 aromatic heterocycles. The molecule has 0 aromatic carbocycles. The zero-order valence-corrected chi connectivity index (χ0v) is 15.3. The highest BCUT2D eigenvalue weighted by atomic mass is 32.2. The lowest BCUT2D eigenvalue weighted by Gasteiger charge is -2.30. The van der Waals surface area contributed by atoms with Gasteiger partial charge < -0.3 is 0 Å². The first-order valence-electron chi connectivity index (χ1n) is 7.53. The molecule has 2 rings (SSSR count). The van der Waals surface area contributed by atoms with Crippen molar-refractivity contribution in [3.05, 3.63) is 0 Å². The van der Waals surface area contributed by atoms with E-state index in [-0.39, 0.29) is 39.0 Å². The van der Waals surface area contributed by atoms with Crippen molar-refractivity contribution in [2.45, 2.75) is 37.8 Å². The summed E-state index contributed by atoms with van der Waals surface area (Å²) < 4.78 is 106. The maximum atomic E-state index is 12.5. The second kappa shape index (κ2) is 8.18. The minimum Gasteiger partial charge on any atom is -0.216 e. The molecule has 26 heavy (non-hydrogen) atoms. The average Bonchev–Trinajstić information content (AvgIpc) is 2.45. The Morgan fingerprint density at radius 3 is 1.46 bits per heavy atom. The Balaban J connectivity index is 0.000000263. The number of hydrogen-bond donors (Lipinski definition) is 2. The molecule has 0 spiro atoms. The van der Waals surface area contributed by atoms with E-state index in [9.17, 15) is 38.8 Å². The molecule has 0 aliphatic carbocycles. The van der Waals surface area contributed by atoms with Crippen molar-refractivity contribution in [1.82, 2.24) is 8.61 Å². The molecule has 0 saturated carbocycles. The zero-order valence-electron chi connectivity index (χ0n) is 13.6. The van der Waals surface area contributed by atoms with E-state index in [0.29, 0.717) is 0 Å². The number of alkyl halides is 5. The summed E-state index contributed by atoms with van der Waals surface area (Å²) in [5.74, 6) is -4.14. The Labute approximate surface area is 148 Å². The molecule has 0 atom stereocenters. The number of hydrogen-bond acceptors (Lipinski definition) is 4. The van der Waals surface area contributed by atoms with Crippen LogP contribution in [-0.2, 0) is 20.4 Å². The van der Waals surface area contributed by atoms with Crippen molar-refractivity contribution >= 4 is 20.4 Å². The smallest absolute Gasteiger partial charge is 0.216 e. The summed E-state index contributed by atoms with van der Waals surface area (Å²) in [6, 6.07) is 0. The normalized spacial score (nSPS) is 24.0. The van der Waals surface area contributed by atoms with Gasteiger partial charge in [0.2, 0.25) is 0 Å². The van der Waals surface area contributed by atoms with Crippen LogP contribution in [0.3, 0.4) is 0 Å². The van der Waals surface area contributed by atoms with Crippen LogP contribution in [0.4, 0.5) is 22.0 Å². The maximum absolute atomic E-state index is 12.5. The minimum atomic E-state index is -4.23. The van der Waals surface area contributed by atoms with E-state index in [1.54, 1.807) is 0 Å². The fourth-order valence-corrected chi connectivity index (χ4v) is 3.92. The monoisotopic (exact) mass is 432 g/mol. The van der Waals surface area contributed by atoms with Gasteiger partial charge in [-0.05, 0) is 12.8 Å². The predicted molar refractivity (Wildman–Crippen MR) is 82.3 cm³/mol. The third-order valence-corrected chi connectivity index (χ3v) is 6.26. The number of piperidine rings is 2. The van der Waals surface area contributed by atoms with E-state index in [1.807, 2.05) is 0 Å². The number of nitrogens with two attached hydrogens (primary N) is 2. The lowest BCUT2D eigenvalue weighted by atomic mass is 9.98. The average molecular weight is 432 g/mol. The maximum Gasteiger partial charge on any atom is 0.391 e. The van der Waals surface area contributed by atoms with Crippen LogP contribution in [0.25, 0.3) is 0 Å². The molecule has 2 saturated heterocycles. The second-order valence-corrected chi connectivity index (χ2v) is 9.15.